The molecule has 0 saturated heterocycles. The zero-order valence-electron chi connectivity index (χ0n) is 33.9. The number of fused-ring (bicyclic) bond motifs is 12. The monoisotopic (exact) mass is 782 g/mol. The van der Waals surface area contributed by atoms with E-state index in [1.165, 1.54) is 131 Å². The maximum atomic E-state index is 2.55. The van der Waals surface area contributed by atoms with Gasteiger partial charge in [0.2, 0.25) is 0 Å². The van der Waals surface area contributed by atoms with Crippen molar-refractivity contribution in [2.75, 3.05) is 0 Å². The Kier molecular flexibility index (Phi) is 7.71. The molecule has 0 aliphatic heterocycles. The molecule has 0 heterocycles. The topological polar surface area (TPSA) is 0 Å². The first-order valence-corrected chi connectivity index (χ1v) is 21.6. The van der Waals surface area contributed by atoms with Crippen molar-refractivity contribution in [2.24, 2.45) is 0 Å². The van der Waals surface area contributed by atoms with Gasteiger partial charge in [0.1, 0.15) is 0 Å². The third-order valence-electron chi connectivity index (χ3n) is 13.4. The summed E-state index contributed by atoms with van der Waals surface area (Å²) in [6.45, 7) is 0. The summed E-state index contributed by atoms with van der Waals surface area (Å²) >= 11 is 0. The van der Waals surface area contributed by atoms with Crippen LogP contribution in [0.5, 0.6) is 0 Å². The first-order valence-electron chi connectivity index (χ1n) is 21.6. The minimum Gasteiger partial charge on any atom is -0.0616 e. The second-order valence-electron chi connectivity index (χ2n) is 16.7. The Bertz CT molecular complexity index is 3460. The molecule has 0 amide bonds. The van der Waals surface area contributed by atoms with E-state index in [4.69, 9.17) is 0 Å². The van der Waals surface area contributed by atoms with Crippen LogP contribution in [-0.4, -0.2) is 0 Å². The van der Waals surface area contributed by atoms with E-state index < -0.39 is 0 Å². The van der Waals surface area contributed by atoms with Crippen molar-refractivity contribution in [2.45, 2.75) is 0 Å². The zero-order valence-corrected chi connectivity index (χ0v) is 33.9. The van der Waals surface area contributed by atoms with Gasteiger partial charge in [-0.15, -0.1) is 0 Å². The van der Waals surface area contributed by atoms with Crippen LogP contribution in [0.4, 0.5) is 0 Å². The molecule has 0 spiro atoms. The average Bonchev–Trinajstić information content (AvgIpc) is 3.35. The largest absolute Gasteiger partial charge is 0.0616 e. The van der Waals surface area contributed by atoms with Gasteiger partial charge in [-0.05, 0) is 167 Å². The predicted molar refractivity (Wildman–Crippen MR) is 268 cm³/mol. The van der Waals surface area contributed by atoms with E-state index in [1.54, 1.807) is 0 Å². The summed E-state index contributed by atoms with van der Waals surface area (Å²) in [5.41, 5.74) is 9.78. The second-order valence-corrected chi connectivity index (χ2v) is 16.7. The molecular formula is C62H38. The lowest BCUT2D eigenvalue weighted by Gasteiger charge is -2.23. The van der Waals surface area contributed by atoms with Gasteiger partial charge in [-0.1, -0.05) is 194 Å². The zero-order chi connectivity index (χ0) is 40.7. The summed E-state index contributed by atoms with van der Waals surface area (Å²) in [6, 6.07) is 86.2. The van der Waals surface area contributed by atoms with Gasteiger partial charge >= 0.3 is 0 Å². The van der Waals surface area contributed by atoms with Crippen molar-refractivity contribution in [3.8, 4) is 44.5 Å². The summed E-state index contributed by atoms with van der Waals surface area (Å²) in [7, 11) is 0. The molecular weight excluding hydrogens is 745 g/mol. The molecule has 0 aliphatic carbocycles. The van der Waals surface area contributed by atoms with Crippen LogP contribution >= 0.6 is 0 Å². The molecule has 0 atom stereocenters. The minimum absolute atomic E-state index is 1.22. The van der Waals surface area contributed by atoms with Gasteiger partial charge in [-0.2, -0.15) is 0 Å². The van der Waals surface area contributed by atoms with E-state index in [2.05, 4.69) is 231 Å². The molecule has 286 valence electrons. The highest BCUT2D eigenvalue weighted by Crippen LogP contribution is 2.50. The molecule has 0 N–H and O–H groups in total. The summed E-state index contributed by atoms with van der Waals surface area (Å²) in [6.07, 6.45) is 0. The van der Waals surface area contributed by atoms with Crippen LogP contribution in [0, 0.1) is 0 Å². The smallest absolute Gasteiger partial charge is 0.00921 e. The fraction of sp³-hybridized carbons (Fsp3) is 0. The molecule has 0 unspecified atom stereocenters. The van der Waals surface area contributed by atoms with Gasteiger partial charge in [0.05, 0.1) is 0 Å². The van der Waals surface area contributed by atoms with Crippen LogP contribution in [0.25, 0.3) is 131 Å². The Morgan fingerprint density at radius 1 is 0.129 bits per heavy atom. The van der Waals surface area contributed by atoms with Crippen LogP contribution in [0.15, 0.2) is 231 Å². The van der Waals surface area contributed by atoms with Crippen molar-refractivity contribution in [3.63, 3.8) is 0 Å². The molecule has 0 nitrogen and oxygen atoms in total. The number of rotatable bonds is 4. The first-order chi connectivity index (χ1) is 30.8. The van der Waals surface area contributed by atoms with Crippen LogP contribution in [0.1, 0.15) is 0 Å². The Morgan fingerprint density at radius 3 is 0.532 bits per heavy atom. The normalized spacial score (nSPS) is 11.9. The second kappa shape index (κ2) is 13.7. The lowest BCUT2D eigenvalue weighted by Crippen LogP contribution is -1.96. The molecule has 0 bridgehead atoms. The molecule has 0 radical (unpaired) electrons. The molecule has 0 aliphatic rings. The van der Waals surface area contributed by atoms with Gasteiger partial charge in [-0.3, -0.25) is 0 Å². The number of hydrogen-bond acceptors (Lipinski definition) is 0. The van der Waals surface area contributed by atoms with Gasteiger partial charge in [-0.25, -0.2) is 0 Å². The van der Waals surface area contributed by atoms with Crippen LogP contribution < -0.4 is 0 Å². The fourth-order valence-corrected chi connectivity index (χ4v) is 10.6. The van der Waals surface area contributed by atoms with Crippen LogP contribution in [0.2, 0.25) is 0 Å². The molecule has 62 heavy (non-hydrogen) atoms. The Hall–Kier alpha value is -8.06. The molecule has 0 saturated carbocycles. The third kappa shape index (κ3) is 5.27. The molecule has 0 fully saturated rings. The summed E-state index contributed by atoms with van der Waals surface area (Å²) < 4.78 is 0. The van der Waals surface area contributed by atoms with Crippen LogP contribution in [-0.2, 0) is 0 Å². The van der Waals surface area contributed by atoms with E-state index in [1.807, 2.05) is 0 Å². The highest BCUT2D eigenvalue weighted by Gasteiger charge is 2.23. The molecule has 13 aromatic carbocycles. The molecule has 0 aromatic heterocycles. The SMILES string of the molecule is c1ccc2c(c1)cc(-c1cc(-c3cc4ccccc4c4ccccc34)c(-c3cc4ccccc4c4ccccc34)cc1-c1cc3ccccc3c3ccccc13)c1ccccc12. The molecule has 0 heteroatoms. The van der Waals surface area contributed by atoms with Crippen molar-refractivity contribution < 1.29 is 0 Å². The van der Waals surface area contributed by atoms with Gasteiger partial charge in [0, 0.05) is 0 Å². The highest BCUT2D eigenvalue weighted by molar-refractivity contribution is 6.22. The summed E-state index contributed by atoms with van der Waals surface area (Å²) in [5, 5.41) is 20.0. The number of benzene rings is 13. The van der Waals surface area contributed by atoms with Crippen molar-refractivity contribution in [1.82, 2.24) is 0 Å². The van der Waals surface area contributed by atoms with Gasteiger partial charge in [0.25, 0.3) is 0 Å². The summed E-state index contributed by atoms with van der Waals surface area (Å²) in [5.74, 6) is 0. The minimum atomic E-state index is 1.22. The lowest BCUT2D eigenvalue weighted by atomic mass is 9.80. The summed E-state index contributed by atoms with van der Waals surface area (Å²) in [4.78, 5) is 0. The first kappa shape index (κ1) is 34.8. The standard InChI is InChI=1S/C62H38/c1-5-21-43-39(17-1)33-55(51-29-13-9-25-47(43)51)59-37-61(57-35-41-19-3-7-23-45(41)49-27-11-15-31-53(49)57)62(58-36-42-20-4-8-24-46(42)50-28-12-16-32-54(50)58)38-60(59)56-34-40-18-2-6-22-44(40)48-26-10-14-30-52(48)56/h1-38H. The van der Waals surface area contributed by atoms with Gasteiger partial charge < -0.3 is 0 Å². The van der Waals surface area contributed by atoms with Crippen molar-refractivity contribution in [1.29, 1.82) is 0 Å². The van der Waals surface area contributed by atoms with Crippen LogP contribution in [0.3, 0.4) is 0 Å². The maximum absolute atomic E-state index is 2.55. The third-order valence-corrected chi connectivity index (χ3v) is 13.4. The van der Waals surface area contributed by atoms with E-state index in [0.717, 1.165) is 0 Å². The van der Waals surface area contributed by atoms with E-state index in [-0.39, 0.29) is 0 Å². The molecule has 13 aromatic rings. The van der Waals surface area contributed by atoms with Gasteiger partial charge in [0.15, 0.2) is 0 Å². The van der Waals surface area contributed by atoms with E-state index >= 15 is 0 Å². The lowest BCUT2D eigenvalue weighted by molar-refractivity contribution is 1.60. The fourth-order valence-electron chi connectivity index (χ4n) is 10.6. The Balaban J connectivity index is 1.27. The predicted octanol–water partition coefficient (Wildman–Crippen LogP) is 17.6. The van der Waals surface area contributed by atoms with E-state index in [9.17, 15) is 0 Å². The maximum Gasteiger partial charge on any atom is -0.00921 e. The molecule has 13 rings (SSSR count). The quantitative estimate of drug-likeness (QED) is 0.156. The highest BCUT2D eigenvalue weighted by atomic mass is 14.3. The van der Waals surface area contributed by atoms with E-state index in [0.29, 0.717) is 0 Å². The Morgan fingerprint density at radius 2 is 0.306 bits per heavy atom. The number of hydrogen-bond donors (Lipinski definition) is 0. The average molecular weight is 783 g/mol. The Labute approximate surface area is 359 Å². The van der Waals surface area contributed by atoms with Crippen molar-refractivity contribution in [3.05, 3.63) is 231 Å². The van der Waals surface area contributed by atoms with Crippen molar-refractivity contribution >= 4 is 86.2 Å².